The van der Waals surface area contributed by atoms with E-state index >= 15 is 0 Å². The second-order valence-electron chi connectivity index (χ2n) is 7.20. The van der Waals surface area contributed by atoms with E-state index in [2.05, 4.69) is 33.0 Å². The van der Waals surface area contributed by atoms with Crippen LogP contribution >= 0.6 is 0 Å². The summed E-state index contributed by atoms with van der Waals surface area (Å²) < 4.78 is 5.54. The van der Waals surface area contributed by atoms with Gasteiger partial charge in [-0.3, -0.25) is 0 Å². The van der Waals surface area contributed by atoms with Gasteiger partial charge < -0.3 is 15.0 Å². The van der Waals surface area contributed by atoms with Crippen molar-refractivity contribution in [2.75, 3.05) is 13.1 Å². The number of nitrogens with zero attached hydrogens (tertiary/aromatic N) is 1. The Labute approximate surface area is 117 Å². The van der Waals surface area contributed by atoms with E-state index in [4.69, 9.17) is 4.74 Å². The highest BCUT2D eigenvalue weighted by atomic mass is 16.6. The molecule has 1 saturated heterocycles. The van der Waals surface area contributed by atoms with Gasteiger partial charge in [-0.1, -0.05) is 27.7 Å². The van der Waals surface area contributed by atoms with Crippen LogP contribution in [0.2, 0.25) is 0 Å². The van der Waals surface area contributed by atoms with Crippen LogP contribution in [0, 0.1) is 11.8 Å². The second-order valence-corrected chi connectivity index (χ2v) is 7.20. The van der Waals surface area contributed by atoms with E-state index in [9.17, 15) is 4.79 Å². The van der Waals surface area contributed by atoms with E-state index in [1.54, 1.807) is 0 Å². The molecule has 4 nitrogen and oxygen atoms in total. The van der Waals surface area contributed by atoms with Crippen LogP contribution in [0.15, 0.2) is 0 Å². The highest BCUT2D eigenvalue weighted by molar-refractivity contribution is 5.69. The molecule has 1 rings (SSSR count). The monoisotopic (exact) mass is 270 g/mol. The van der Waals surface area contributed by atoms with Crippen molar-refractivity contribution >= 4 is 6.09 Å². The summed E-state index contributed by atoms with van der Waals surface area (Å²) in [5.74, 6) is 0.936. The van der Waals surface area contributed by atoms with Gasteiger partial charge in [-0.2, -0.15) is 0 Å². The van der Waals surface area contributed by atoms with Gasteiger partial charge in [-0.05, 0) is 32.6 Å². The predicted molar refractivity (Wildman–Crippen MR) is 78.2 cm³/mol. The molecule has 0 unspecified atom stereocenters. The number of hydrogen-bond donors (Lipinski definition) is 1. The standard InChI is InChI=1S/C15H30N2O2/c1-10(2)12-9-17(13(8-16-12)11(3)4)14(18)19-15(5,6)7/h10-13,16H,8-9H2,1-7H3/t12-,13+/m0/s1. The Morgan fingerprint density at radius 1 is 1.21 bits per heavy atom. The summed E-state index contributed by atoms with van der Waals surface area (Å²) in [6.45, 7) is 16.0. The Morgan fingerprint density at radius 3 is 2.21 bits per heavy atom. The van der Waals surface area contributed by atoms with E-state index < -0.39 is 5.60 Å². The molecule has 1 aliphatic heterocycles. The first kappa shape index (κ1) is 16.3. The molecule has 19 heavy (non-hydrogen) atoms. The molecule has 0 bridgehead atoms. The largest absolute Gasteiger partial charge is 0.444 e. The molecule has 0 aromatic rings. The maximum absolute atomic E-state index is 12.4. The van der Waals surface area contributed by atoms with E-state index in [0.29, 0.717) is 17.9 Å². The van der Waals surface area contributed by atoms with Crippen molar-refractivity contribution in [2.45, 2.75) is 66.2 Å². The van der Waals surface area contributed by atoms with Gasteiger partial charge >= 0.3 is 6.09 Å². The van der Waals surface area contributed by atoms with Gasteiger partial charge in [0.25, 0.3) is 0 Å². The molecule has 1 aliphatic rings. The third-order valence-electron chi connectivity index (χ3n) is 3.59. The fourth-order valence-electron chi connectivity index (χ4n) is 2.37. The topological polar surface area (TPSA) is 41.6 Å². The molecule has 0 aromatic carbocycles. The normalized spacial score (nSPS) is 25.0. The molecule has 0 radical (unpaired) electrons. The summed E-state index contributed by atoms with van der Waals surface area (Å²) in [4.78, 5) is 14.3. The molecule has 2 atom stereocenters. The summed E-state index contributed by atoms with van der Waals surface area (Å²) in [7, 11) is 0. The van der Waals surface area contributed by atoms with E-state index in [0.717, 1.165) is 13.1 Å². The minimum absolute atomic E-state index is 0.182. The zero-order valence-corrected chi connectivity index (χ0v) is 13.5. The predicted octanol–water partition coefficient (Wildman–Crippen LogP) is 2.88. The molecule has 0 aliphatic carbocycles. The van der Waals surface area contributed by atoms with Gasteiger partial charge in [0.15, 0.2) is 0 Å². The summed E-state index contributed by atoms with van der Waals surface area (Å²) in [5.41, 5.74) is -0.434. The van der Waals surface area contributed by atoms with Crippen LogP contribution in [-0.2, 0) is 4.74 Å². The minimum Gasteiger partial charge on any atom is -0.444 e. The van der Waals surface area contributed by atoms with Crippen LogP contribution in [0.1, 0.15) is 48.5 Å². The Bertz CT molecular complexity index is 308. The van der Waals surface area contributed by atoms with Gasteiger partial charge in [0.1, 0.15) is 5.60 Å². The number of carbonyl (C=O) groups excluding carboxylic acids is 1. The molecule has 1 amide bonds. The quantitative estimate of drug-likeness (QED) is 0.839. The lowest BCUT2D eigenvalue weighted by Gasteiger charge is -2.43. The number of ether oxygens (including phenoxy) is 1. The molecule has 1 fully saturated rings. The lowest BCUT2D eigenvalue weighted by molar-refractivity contribution is -0.00125. The van der Waals surface area contributed by atoms with Crippen molar-refractivity contribution in [3.8, 4) is 0 Å². The van der Waals surface area contributed by atoms with E-state index in [1.807, 2.05) is 25.7 Å². The van der Waals surface area contributed by atoms with Gasteiger partial charge in [-0.25, -0.2) is 4.79 Å². The fraction of sp³-hybridized carbons (Fsp3) is 0.933. The summed E-state index contributed by atoms with van der Waals surface area (Å²) >= 11 is 0. The summed E-state index contributed by atoms with van der Waals surface area (Å²) in [6, 6.07) is 0.562. The SMILES string of the molecule is CC(C)[C@@H]1CN(C(=O)OC(C)(C)C)[C@@H](C(C)C)CN1. The first-order chi connectivity index (χ1) is 8.61. The summed E-state index contributed by atoms with van der Waals surface area (Å²) in [6.07, 6.45) is -0.182. The fourth-order valence-corrected chi connectivity index (χ4v) is 2.37. The first-order valence-electron chi connectivity index (χ1n) is 7.35. The van der Waals surface area contributed by atoms with Gasteiger partial charge in [-0.15, -0.1) is 0 Å². The van der Waals surface area contributed by atoms with Crippen LogP contribution in [0.5, 0.6) is 0 Å². The van der Waals surface area contributed by atoms with Gasteiger partial charge in [0.2, 0.25) is 0 Å². The van der Waals surface area contributed by atoms with Crippen molar-refractivity contribution in [1.82, 2.24) is 10.2 Å². The van der Waals surface area contributed by atoms with Crippen LogP contribution < -0.4 is 5.32 Å². The van der Waals surface area contributed by atoms with Crippen molar-refractivity contribution in [3.05, 3.63) is 0 Å². The first-order valence-corrected chi connectivity index (χ1v) is 7.35. The summed E-state index contributed by atoms with van der Waals surface area (Å²) in [5, 5.41) is 3.55. The number of piperazine rings is 1. The Kier molecular flexibility index (Phi) is 5.25. The van der Waals surface area contributed by atoms with Crippen molar-refractivity contribution in [2.24, 2.45) is 11.8 Å². The Balaban J connectivity index is 2.79. The number of amides is 1. The van der Waals surface area contributed by atoms with Crippen molar-refractivity contribution < 1.29 is 9.53 Å². The molecule has 1 N–H and O–H groups in total. The Hall–Kier alpha value is -0.770. The number of rotatable bonds is 2. The third-order valence-corrected chi connectivity index (χ3v) is 3.59. The van der Waals surface area contributed by atoms with Crippen LogP contribution in [0.3, 0.4) is 0 Å². The minimum atomic E-state index is -0.434. The maximum Gasteiger partial charge on any atom is 0.410 e. The van der Waals surface area contributed by atoms with Crippen molar-refractivity contribution in [1.29, 1.82) is 0 Å². The number of carbonyl (C=O) groups is 1. The Morgan fingerprint density at radius 2 is 1.79 bits per heavy atom. The molecule has 0 spiro atoms. The lowest BCUT2D eigenvalue weighted by atomic mass is 9.95. The zero-order valence-electron chi connectivity index (χ0n) is 13.5. The second kappa shape index (κ2) is 6.12. The van der Waals surface area contributed by atoms with Crippen molar-refractivity contribution in [3.63, 3.8) is 0 Å². The molecular formula is C15H30N2O2. The highest BCUT2D eigenvalue weighted by Crippen LogP contribution is 2.21. The molecule has 4 heteroatoms. The molecule has 112 valence electrons. The van der Waals surface area contributed by atoms with Gasteiger partial charge in [0, 0.05) is 25.2 Å². The average molecular weight is 270 g/mol. The average Bonchev–Trinajstić information content (AvgIpc) is 2.25. The van der Waals surface area contributed by atoms with Gasteiger partial charge in [0.05, 0.1) is 0 Å². The van der Waals surface area contributed by atoms with Crippen LogP contribution in [0.25, 0.3) is 0 Å². The maximum atomic E-state index is 12.4. The zero-order chi connectivity index (χ0) is 14.8. The van der Waals surface area contributed by atoms with E-state index in [1.165, 1.54) is 0 Å². The molecule has 0 aromatic heterocycles. The smallest absolute Gasteiger partial charge is 0.410 e. The number of nitrogens with one attached hydrogen (secondary N) is 1. The van der Waals surface area contributed by atoms with Crippen LogP contribution in [-0.4, -0.2) is 41.8 Å². The molecule has 0 saturated carbocycles. The van der Waals surface area contributed by atoms with E-state index in [-0.39, 0.29) is 12.1 Å². The number of hydrogen-bond acceptors (Lipinski definition) is 3. The molecular weight excluding hydrogens is 240 g/mol. The molecule has 1 heterocycles. The van der Waals surface area contributed by atoms with Crippen LogP contribution in [0.4, 0.5) is 4.79 Å². The lowest BCUT2D eigenvalue weighted by Crippen LogP contribution is -2.61. The third kappa shape index (κ3) is 4.68. The highest BCUT2D eigenvalue weighted by Gasteiger charge is 2.36.